The van der Waals surface area contributed by atoms with Gasteiger partial charge < -0.3 is 10.8 Å². The van der Waals surface area contributed by atoms with Gasteiger partial charge in [-0.2, -0.15) is 13.2 Å². The summed E-state index contributed by atoms with van der Waals surface area (Å²) in [4.78, 5) is 10.8. The minimum atomic E-state index is -4.70. The molecular weight excluding hydrogens is 211 g/mol. The number of nitrogens with two attached hydrogens (primary N) is 1. The Kier molecular flexibility index (Phi) is 2.99. The van der Waals surface area contributed by atoms with E-state index in [4.69, 9.17) is 10.8 Å². The molecule has 0 radical (unpaired) electrons. The fraction of sp³-hybridized carbons (Fsp3) is 0.222. The molecule has 3 N–H and O–H groups in total. The molecule has 0 heterocycles. The smallest absolute Gasteiger partial charge is 0.392 e. The van der Waals surface area contributed by atoms with Crippen LogP contribution in [0.4, 0.5) is 13.2 Å². The van der Waals surface area contributed by atoms with Crippen LogP contribution in [-0.2, 0) is 12.8 Å². The maximum Gasteiger partial charge on any atom is 0.417 e. The molecule has 0 saturated carbocycles. The lowest BCUT2D eigenvalue weighted by atomic mass is 10.0. The van der Waals surface area contributed by atoms with Gasteiger partial charge in [0.25, 0.3) is 0 Å². The predicted molar refractivity (Wildman–Crippen MR) is 45.9 cm³/mol. The normalized spacial score (nSPS) is 11.5. The van der Waals surface area contributed by atoms with Crippen molar-refractivity contribution >= 4 is 5.91 Å². The lowest BCUT2D eigenvalue weighted by molar-refractivity contribution is -0.139. The van der Waals surface area contributed by atoms with E-state index in [1.807, 2.05) is 0 Å². The monoisotopic (exact) mass is 219 g/mol. The molecule has 0 aliphatic heterocycles. The van der Waals surface area contributed by atoms with Crippen molar-refractivity contribution in [2.24, 2.45) is 5.73 Å². The van der Waals surface area contributed by atoms with E-state index in [-0.39, 0.29) is 5.56 Å². The summed E-state index contributed by atoms with van der Waals surface area (Å²) >= 11 is 0. The molecule has 82 valence electrons. The Balaban J connectivity index is 3.47. The molecule has 1 aromatic carbocycles. The number of carbonyl (C=O) groups is 1. The van der Waals surface area contributed by atoms with E-state index in [1.165, 1.54) is 6.07 Å². The zero-order valence-corrected chi connectivity index (χ0v) is 7.51. The maximum absolute atomic E-state index is 12.5. The number of aliphatic hydroxyl groups is 1. The third-order valence-electron chi connectivity index (χ3n) is 1.87. The van der Waals surface area contributed by atoms with Gasteiger partial charge in [-0.05, 0) is 11.6 Å². The van der Waals surface area contributed by atoms with Crippen molar-refractivity contribution in [2.45, 2.75) is 12.8 Å². The van der Waals surface area contributed by atoms with Crippen molar-refractivity contribution in [1.82, 2.24) is 0 Å². The van der Waals surface area contributed by atoms with Crippen LogP contribution in [0.25, 0.3) is 0 Å². The van der Waals surface area contributed by atoms with Crippen molar-refractivity contribution in [3.05, 3.63) is 34.9 Å². The first-order chi connectivity index (χ1) is 6.88. The number of amides is 1. The average Bonchev–Trinajstić information content (AvgIpc) is 2.15. The minimum Gasteiger partial charge on any atom is -0.392 e. The summed E-state index contributed by atoms with van der Waals surface area (Å²) in [6.45, 7) is -0.796. The van der Waals surface area contributed by atoms with Crippen molar-refractivity contribution in [3.63, 3.8) is 0 Å². The lowest BCUT2D eigenvalue weighted by Crippen LogP contribution is -2.20. The maximum atomic E-state index is 12.5. The van der Waals surface area contributed by atoms with Crippen LogP contribution in [0.2, 0.25) is 0 Å². The molecular formula is C9H8F3NO2. The molecule has 1 rings (SSSR count). The van der Waals surface area contributed by atoms with Crippen LogP contribution >= 0.6 is 0 Å². The summed E-state index contributed by atoms with van der Waals surface area (Å²) in [5.41, 5.74) is 2.65. The highest BCUT2D eigenvalue weighted by Gasteiger charge is 2.37. The molecule has 0 saturated heterocycles. The summed E-state index contributed by atoms with van der Waals surface area (Å²) in [5, 5.41) is 8.74. The first-order valence-electron chi connectivity index (χ1n) is 3.97. The second kappa shape index (κ2) is 3.90. The van der Waals surface area contributed by atoms with E-state index in [0.717, 1.165) is 12.1 Å². The average molecular weight is 219 g/mol. The number of primary amides is 1. The molecule has 0 unspecified atom stereocenters. The fourth-order valence-corrected chi connectivity index (χ4v) is 1.27. The van der Waals surface area contributed by atoms with E-state index in [1.54, 1.807) is 0 Å². The first kappa shape index (κ1) is 11.5. The number of alkyl halides is 3. The summed E-state index contributed by atoms with van der Waals surface area (Å²) in [6, 6.07) is 3.31. The number of hydrogen-bond donors (Lipinski definition) is 2. The van der Waals surface area contributed by atoms with Crippen LogP contribution in [0.3, 0.4) is 0 Å². The third-order valence-corrected chi connectivity index (χ3v) is 1.87. The molecule has 0 aliphatic rings. The lowest BCUT2D eigenvalue weighted by Gasteiger charge is -2.14. The number of aliphatic hydroxyl groups excluding tert-OH is 1. The quantitative estimate of drug-likeness (QED) is 0.787. The van der Waals surface area contributed by atoms with Gasteiger partial charge in [-0.1, -0.05) is 12.1 Å². The molecule has 1 aromatic rings. The highest BCUT2D eigenvalue weighted by molar-refractivity contribution is 5.94. The third kappa shape index (κ3) is 2.27. The van der Waals surface area contributed by atoms with Gasteiger partial charge in [0.15, 0.2) is 0 Å². The van der Waals surface area contributed by atoms with E-state index in [0.29, 0.717) is 0 Å². The van der Waals surface area contributed by atoms with Gasteiger partial charge in [-0.25, -0.2) is 0 Å². The zero-order chi connectivity index (χ0) is 11.6. The van der Waals surface area contributed by atoms with Crippen molar-refractivity contribution in [1.29, 1.82) is 0 Å². The summed E-state index contributed by atoms with van der Waals surface area (Å²) in [7, 11) is 0. The summed E-state index contributed by atoms with van der Waals surface area (Å²) in [5.74, 6) is -1.17. The van der Waals surface area contributed by atoms with Crippen LogP contribution in [-0.4, -0.2) is 11.0 Å². The Bertz CT molecular complexity index is 387. The van der Waals surface area contributed by atoms with E-state index in [9.17, 15) is 18.0 Å². The highest BCUT2D eigenvalue weighted by Crippen LogP contribution is 2.34. The van der Waals surface area contributed by atoms with Gasteiger partial charge >= 0.3 is 6.18 Å². The summed E-state index contributed by atoms with van der Waals surface area (Å²) in [6.07, 6.45) is -4.70. The molecule has 0 aliphatic carbocycles. The number of benzene rings is 1. The summed E-state index contributed by atoms with van der Waals surface area (Å²) < 4.78 is 37.6. The van der Waals surface area contributed by atoms with Gasteiger partial charge in [0.2, 0.25) is 5.91 Å². The Morgan fingerprint density at radius 3 is 2.40 bits per heavy atom. The Labute approximate surface area is 83.3 Å². The molecule has 6 heteroatoms. The highest BCUT2D eigenvalue weighted by atomic mass is 19.4. The van der Waals surface area contributed by atoms with Gasteiger partial charge in [0, 0.05) is 0 Å². The molecule has 0 atom stereocenters. The van der Waals surface area contributed by atoms with E-state index < -0.39 is 29.8 Å². The van der Waals surface area contributed by atoms with E-state index in [2.05, 4.69) is 0 Å². The SMILES string of the molecule is NC(=O)c1cccc(CO)c1C(F)(F)F. The van der Waals surface area contributed by atoms with Gasteiger partial charge in [-0.15, -0.1) is 0 Å². The number of halogens is 3. The van der Waals surface area contributed by atoms with Gasteiger partial charge in [-0.3, -0.25) is 4.79 Å². The minimum absolute atomic E-state index is 0.362. The molecule has 1 amide bonds. The van der Waals surface area contributed by atoms with E-state index >= 15 is 0 Å². The predicted octanol–water partition coefficient (Wildman–Crippen LogP) is 1.30. The second-order valence-corrected chi connectivity index (χ2v) is 2.86. The van der Waals surface area contributed by atoms with Crippen LogP contribution in [0.5, 0.6) is 0 Å². The number of rotatable bonds is 2. The van der Waals surface area contributed by atoms with Gasteiger partial charge in [0.05, 0.1) is 17.7 Å². The molecule has 0 bridgehead atoms. The number of hydrogen-bond acceptors (Lipinski definition) is 2. The number of carbonyl (C=O) groups excluding carboxylic acids is 1. The molecule has 0 spiro atoms. The molecule has 0 fully saturated rings. The van der Waals surface area contributed by atoms with Gasteiger partial charge in [0.1, 0.15) is 0 Å². The van der Waals surface area contributed by atoms with Crippen molar-refractivity contribution in [3.8, 4) is 0 Å². The molecule has 15 heavy (non-hydrogen) atoms. The Morgan fingerprint density at radius 2 is 2.00 bits per heavy atom. The van der Waals surface area contributed by atoms with Crippen LogP contribution in [0.1, 0.15) is 21.5 Å². The molecule has 3 nitrogen and oxygen atoms in total. The van der Waals surface area contributed by atoms with Crippen molar-refractivity contribution in [2.75, 3.05) is 0 Å². The van der Waals surface area contributed by atoms with Crippen molar-refractivity contribution < 1.29 is 23.1 Å². The van der Waals surface area contributed by atoms with Crippen LogP contribution in [0, 0.1) is 0 Å². The zero-order valence-electron chi connectivity index (χ0n) is 7.51. The molecule has 0 aromatic heterocycles. The second-order valence-electron chi connectivity index (χ2n) is 2.86. The van der Waals surface area contributed by atoms with Crippen LogP contribution in [0.15, 0.2) is 18.2 Å². The topological polar surface area (TPSA) is 63.3 Å². The standard InChI is InChI=1S/C9H8F3NO2/c10-9(11,12)7-5(4-14)2-1-3-6(7)8(13)15/h1-3,14H,4H2,(H2,13,15). The van der Waals surface area contributed by atoms with Crippen LogP contribution < -0.4 is 5.73 Å². The fourth-order valence-electron chi connectivity index (χ4n) is 1.27. The Hall–Kier alpha value is -1.56. The largest absolute Gasteiger partial charge is 0.417 e. The first-order valence-corrected chi connectivity index (χ1v) is 3.97. The Morgan fingerprint density at radius 1 is 1.40 bits per heavy atom.